The van der Waals surface area contributed by atoms with E-state index in [2.05, 4.69) is 21.2 Å². The molecule has 3 N–H and O–H groups in total. The number of phenols is 1. The highest BCUT2D eigenvalue weighted by molar-refractivity contribution is 9.10. The summed E-state index contributed by atoms with van der Waals surface area (Å²) in [6.45, 7) is 2.05. The molecule has 0 fully saturated rings. The van der Waals surface area contributed by atoms with Gasteiger partial charge in [-0.3, -0.25) is 5.32 Å². The van der Waals surface area contributed by atoms with Crippen LogP contribution >= 0.6 is 27.7 Å². The summed E-state index contributed by atoms with van der Waals surface area (Å²) >= 11 is 4.97. The van der Waals surface area contributed by atoms with Crippen molar-refractivity contribution in [3.05, 3.63) is 52.5 Å². The summed E-state index contributed by atoms with van der Waals surface area (Å²) in [5.41, 5.74) is 0.990. The summed E-state index contributed by atoms with van der Waals surface area (Å²) in [7, 11) is 0. The van der Waals surface area contributed by atoms with Crippen molar-refractivity contribution < 1.29 is 24.5 Å². The predicted molar refractivity (Wildman–Crippen MR) is 114 cm³/mol. The smallest absolute Gasteiger partial charge is 0.412 e. The number of thioether (sulfide) groups is 1. The summed E-state index contributed by atoms with van der Waals surface area (Å²) < 4.78 is 12.0. The molecule has 1 amide bonds. The molecular formula is C20H24BrNO5S. The molecule has 0 aliphatic carbocycles. The van der Waals surface area contributed by atoms with E-state index in [1.807, 2.05) is 25.3 Å². The standard InChI is InChI=1S/C20H24BrNO5S/c1-3-26-18(10-11-23)19(16-12-13(21)4-9-17(16)24)27-20(25)22-14-5-7-15(28-2)8-6-14/h4-9,12,18-19,23-24H,3,10-11H2,1-2H3,(H,22,25)/t18-,19-/m0/s1. The lowest BCUT2D eigenvalue weighted by Crippen LogP contribution is -2.29. The predicted octanol–water partition coefficient (Wildman–Crippen LogP) is 4.95. The Morgan fingerprint density at radius 1 is 1.25 bits per heavy atom. The molecule has 0 aliphatic rings. The van der Waals surface area contributed by atoms with Gasteiger partial charge >= 0.3 is 6.09 Å². The first-order chi connectivity index (χ1) is 13.5. The van der Waals surface area contributed by atoms with Gasteiger partial charge in [-0.05, 0) is 55.6 Å². The van der Waals surface area contributed by atoms with Crippen molar-refractivity contribution in [2.24, 2.45) is 0 Å². The molecule has 0 spiro atoms. The third kappa shape index (κ3) is 6.41. The van der Waals surface area contributed by atoms with Crippen LogP contribution < -0.4 is 5.32 Å². The van der Waals surface area contributed by atoms with Gasteiger partial charge in [0.25, 0.3) is 0 Å². The highest BCUT2D eigenvalue weighted by Crippen LogP contribution is 2.34. The van der Waals surface area contributed by atoms with Gasteiger partial charge in [-0.1, -0.05) is 15.9 Å². The van der Waals surface area contributed by atoms with E-state index in [9.17, 15) is 15.0 Å². The molecule has 0 radical (unpaired) electrons. The Morgan fingerprint density at radius 2 is 1.96 bits per heavy atom. The second-order valence-electron chi connectivity index (χ2n) is 5.89. The molecule has 0 heterocycles. The van der Waals surface area contributed by atoms with Gasteiger partial charge in [0.15, 0.2) is 6.10 Å². The second-order valence-corrected chi connectivity index (χ2v) is 7.68. The lowest BCUT2D eigenvalue weighted by atomic mass is 10.0. The van der Waals surface area contributed by atoms with Crippen LogP contribution in [0, 0.1) is 0 Å². The SMILES string of the molecule is CCO[C@@H](CCO)[C@@H](OC(=O)Nc1ccc(SC)cc1)c1cc(Br)ccc1O. The largest absolute Gasteiger partial charge is 0.508 e. The fourth-order valence-electron chi connectivity index (χ4n) is 2.69. The lowest BCUT2D eigenvalue weighted by molar-refractivity contribution is -0.0491. The van der Waals surface area contributed by atoms with Crippen LogP contribution in [-0.4, -0.2) is 41.9 Å². The van der Waals surface area contributed by atoms with Crippen LogP contribution in [0.25, 0.3) is 0 Å². The van der Waals surface area contributed by atoms with Crippen LogP contribution in [0.1, 0.15) is 25.0 Å². The molecule has 0 bridgehead atoms. The van der Waals surface area contributed by atoms with Gasteiger partial charge in [-0.25, -0.2) is 4.79 Å². The number of halogens is 1. The van der Waals surface area contributed by atoms with E-state index in [0.717, 1.165) is 9.37 Å². The van der Waals surface area contributed by atoms with Gasteiger partial charge in [0.05, 0.1) is 0 Å². The van der Waals surface area contributed by atoms with E-state index >= 15 is 0 Å². The minimum atomic E-state index is -0.893. The average Bonchev–Trinajstić information content (AvgIpc) is 2.68. The minimum Gasteiger partial charge on any atom is -0.508 e. The van der Waals surface area contributed by atoms with Crippen molar-refractivity contribution >= 4 is 39.5 Å². The summed E-state index contributed by atoms with van der Waals surface area (Å²) in [5.74, 6) is -0.0204. The van der Waals surface area contributed by atoms with Gasteiger partial charge in [0, 0.05) is 40.3 Å². The third-order valence-electron chi connectivity index (χ3n) is 4.00. The molecule has 2 aromatic rings. The lowest BCUT2D eigenvalue weighted by Gasteiger charge is -2.27. The Hall–Kier alpha value is -1.74. The Kier molecular flexibility index (Phi) is 9.11. The molecule has 0 aliphatic heterocycles. The highest BCUT2D eigenvalue weighted by Gasteiger charge is 2.30. The molecule has 2 aromatic carbocycles. The monoisotopic (exact) mass is 469 g/mol. The number of hydrogen-bond acceptors (Lipinski definition) is 6. The molecular weight excluding hydrogens is 446 g/mol. The number of anilines is 1. The quantitative estimate of drug-likeness (QED) is 0.450. The van der Waals surface area contributed by atoms with Crippen LogP contribution in [0.4, 0.5) is 10.5 Å². The maximum Gasteiger partial charge on any atom is 0.412 e. The van der Waals surface area contributed by atoms with Crippen molar-refractivity contribution in [1.29, 1.82) is 0 Å². The normalized spacial score (nSPS) is 13.0. The number of aliphatic hydroxyl groups is 1. The molecule has 8 heteroatoms. The molecule has 28 heavy (non-hydrogen) atoms. The van der Waals surface area contributed by atoms with Crippen molar-refractivity contribution in [3.8, 4) is 5.75 Å². The van der Waals surface area contributed by atoms with Gasteiger partial charge in [-0.15, -0.1) is 11.8 Å². The third-order valence-corrected chi connectivity index (χ3v) is 5.24. The number of carbonyl (C=O) groups is 1. The molecule has 6 nitrogen and oxygen atoms in total. The maximum atomic E-state index is 12.5. The second kappa shape index (κ2) is 11.3. The van der Waals surface area contributed by atoms with Crippen LogP contribution in [0.2, 0.25) is 0 Å². The Bertz CT molecular complexity index is 766. The van der Waals surface area contributed by atoms with Crippen molar-refractivity contribution in [3.63, 3.8) is 0 Å². The first-order valence-corrected chi connectivity index (χ1v) is 10.8. The van der Waals surface area contributed by atoms with E-state index in [-0.39, 0.29) is 18.8 Å². The first-order valence-electron chi connectivity index (χ1n) is 8.81. The van der Waals surface area contributed by atoms with E-state index in [0.29, 0.717) is 17.9 Å². The number of hydrogen-bond donors (Lipinski definition) is 3. The summed E-state index contributed by atoms with van der Waals surface area (Å²) in [4.78, 5) is 13.6. The van der Waals surface area contributed by atoms with Crippen LogP contribution in [-0.2, 0) is 9.47 Å². The van der Waals surface area contributed by atoms with E-state index in [1.165, 1.54) is 6.07 Å². The zero-order valence-corrected chi connectivity index (χ0v) is 18.1. The van der Waals surface area contributed by atoms with Gasteiger partial charge in [0.2, 0.25) is 0 Å². The Morgan fingerprint density at radius 3 is 2.57 bits per heavy atom. The van der Waals surface area contributed by atoms with Crippen molar-refractivity contribution in [2.45, 2.75) is 30.4 Å². The zero-order valence-electron chi connectivity index (χ0n) is 15.7. The van der Waals surface area contributed by atoms with E-state index < -0.39 is 18.3 Å². The van der Waals surface area contributed by atoms with Gasteiger partial charge in [-0.2, -0.15) is 0 Å². The number of benzene rings is 2. The zero-order chi connectivity index (χ0) is 20.5. The fraction of sp³-hybridized carbons (Fsp3) is 0.350. The summed E-state index contributed by atoms with van der Waals surface area (Å²) in [6, 6.07) is 12.2. The number of aromatic hydroxyl groups is 1. The van der Waals surface area contributed by atoms with E-state index in [4.69, 9.17) is 9.47 Å². The summed E-state index contributed by atoms with van der Waals surface area (Å²) in [6.07, 6.45) is 0.0415. The number of carbonyl (C=O) groups excluding carboxylic acids is 1. The first kappa shape index (κ1) is 22.5. The molecule has 0 saturated heterocycles. The number of phenolic OH excluding ortho intramolecular Hbond substituents is 1. The number of rotatable bonds is 9. The Balaban J connectivity index is 2.24. The van der Waals surface area contributed by atoms with Gasteiger partial charge < -0.3 is 19.7 Å². The fourth-order valence-corrected chi connectivity index (χ4v) is 3.48. The molecule has 0 aromatic heterocycles. The van der Waals surface area contributed by atoms with Gasteiger partial charge in [0.1, 0.15) is 11.9 Å². The van der Waals surface area contributed by atoms with Crippen LogP contribution in [0.15, 0.2) is 51.8 Å². The molecule has 152 valence electrons. The number of ether oxygens (including phenoxy) is 2. The summed E-state index contributed by atoms with van der Waals surface area (Å²) in [5, 5.41) is 22.4. The van der Waals surface area contributed by atoms with Crippen molar-refractivity contribution in [2.75, 3.05) is 24.8 Å². The average molecular weight is 470 g/mol. The Labute approximate surface area is 177 Å². The molecule has 2 atom stereocenters. The number of nitrogens with one attached hydrogen (secondary N) is 1. The number of aliphatic hydroxyl groups excluding tert-OH is 1. The maximum absolute atomic E-state index is 12.5. The van der Waals surface area contributed by atoms with Crippen LogP contribution in [0.3, 0.4) is 0 Å². The molecule has 2 rings (SSSR count). The van der Waals surface area contributed by atoms with Crippen molar-refractivity contribution in [1.82, 2.24) is 0 Å². The number of amides is 1. The topological polar surface area (TPSA) is 88.0 Å². The molecule has 0 unspecified atom stereocenters. The van der Waals surface area contributed by atoms with Crippen LogP contribution in [0.5, 0.6) is 5.75 Å². The van der Waals surface area contributed by atoms with E-state index in [1.54, 1.807) is 36.0 Å². The minimum absolute atomic E-state index is 0.0204. The molecule has 0 saturated carbocycles. The highest BCUT2D eigenvalue weighted by atomic mass is 79.9.